The lowest BCUT2D eigenvalue weighted by Gasteiger charge is -2.35. The molecule has 0 bridgehead atoms. The van der Waals surface area contributed by atoms with Gasteiger partial charge >= 0.3 is 6.09 Å². The maximum atomic E-state index is 14.7. The van der Waals surface area contributed by atoms with Crippen LogP contribution in [0.2, 0.25) is 0 Å². The highest BCUT2D eigenvalue weighted by atomic mass is 19.1. The van der Waals surface area contributed by atoms with Gasteiger partial charge in [-0.3, -0.25) is 0 Å². The van der Waals surface area contributed by atoms with Crippen LogP contribution in [0.5, 0.6) is 5.75 Å². The van der Waals surface area contributed by atoms with E-state index in [1.54, 1.807) is 24.4 Å². The molecule has 9 heteroatoms. The Morgan fingerprint density at radius 2 is 2.03 bits per heavy atom. The van der Waals surface area contributed by atoms with Crippen molar-refractivity contribution in [1.29, 1.82) is 0 Å². The van der Waals surface area contributed by atoms with Crippen LogP contribution in [0.4, 0.5) is 9.18 Å². The monoisotopic (exact) mass is 425 g/mol. The van der Waals surface area contributed by atoms with Crippen LogP contribution in [0.15, 0.2) is 53.9 Å². The summed E-state index contributed by atoms with van der Waals surface area (Å²) >= 11 is 0. The number of halogens is 1. The Hall–Kier alpha value is -3.62. The molecule has 0 radical (unpaired) electrons. The molecule has 0 saturated heterocycles. The van der Waals surface area contributed by atoms with Crippen LogP contribution < -0.4 is 16.2 Å². The van der Waals surface area contributed by atoms with E-state index in [4.69, 9.17) is 20.9 Å². The predicted molar refractivity (Wildman–Crippen MR) is 113 cm³/mol. The van der Waals surface area contributed by atoms with Gasteiger partial charge in [0, 0.05) is 18.0 Å². The number of aryl methyl sites for hydroxylation is 1. The van der Waals surface area contributed by atoms with Crippen LogP contribution in [0.25, 0.3) is 5.65 Å². The fourth-order valence-corrected chi connectivity index (χ4v) is 3.74. The molecule has 1 amide bonds. The van der Waals surface area contributed by atoms with Gasteiger partial charge < -0.3 is 25.3 Å². The molecular formula is C22H24FN5O3. The summed E-state index contributed by atoms with van der Waals surface area (Å²) in [6.45, 7) is -0.226. The smallest absolute Gasteiger partial charge is 0.437 e. The summed E-state index contributed by atoms with van der Waals surface area (Å²) < 4.78 is 27.6. The van der Waals surface area contributed by atoms with Crippen molar-refractivity contribution < 1.29 is 18.7 Å². The zero-order valence-corrected chi connectivity index (χ0v) is 16.9. The molecule has 4 rings (SSSR count). The van der Waals surface area contributed by atoms with Gasteiger partial charge in [0.1, 0.15) is 23.8 Å². The zero-order chi connectivity index (χ0) is 21.8. The number of imidazole rings is 1. The Morgan fingerprint density at radius 3 is 2.84 bits per heavy atom. The first-order valence-corrected chi connectivity index (χ1v) is 10.1. The number of hydrogen-bond acceptors (Lipinski definition) is 4. The molecule has 1 aromatic carbocycles. The third kappa shape index (κ3) is 5.11. The van der Waals surface area contributed by atoms with Crippen molar-refractivity contribution in [3.8, 4) is 5.75 Å². The van der Waals surface area contributed by atoms with Gasteiger partial charge in [-0.05, 0) is 49.3 Å². The molecule has 1 aliphatic carbocycles. The number of hydrogen-bond donors (Lipinski definition) is 2. The SMILES string of the molecule is NC(N)=NC(=O)OCc1cccc(CCC2CC(Oc3ccc4nccn4c3)C2)c1F. The Morgan fingerprint density at radius 1 is 1.23 bits per heavy atom. The third-order valence-electron chi connectivity index (χ3n) is 5.41. The number of amides is 1. The van der Waals surface area contributed by atoms with Crippen molar-refractivity contribution in [2.45, 2.75) is 38.4 Å². The van der Waals surface area contributed by atoms with Crippen LogP contribution in [0.1, 0.15) is 30.4 Å². The minimum Gasteiger partial charge on any atom is -0.489 e. The number of guanidine groups is 1. The van der Waals surface area contributed by atoms with Crippen molar-refractivity contribution in [2.24, 2.45) is 22.4 Å². The van der Waals surface area contributed by atoms with Crippen LogP contribution in [0.3, 0.4) is 0 Å². The number of ether oxygens (including phenoxy) is 2. The summed E-state index contributed by atoms with van der Waals surface area (Å²) in [5.74, 6) is 0.553. The number of nitrogens with zero attached hydrogens (tertiary/aromatic N) is 3. The minimum atomic E-state index is -0.947. The summed E-state index contributed by atoms with van der Waals surface area (Å²) in [4.78, 5) is 18.9. The van der Waals surface area contributed by atoms with Crippen molar-refractivity contribution in [1.82, 2.24) is 9.38 Å². The Balaban J connectivity index is 1.24. The fourth-order valence-electron chi connectivity index (χ4n) is 3.74. The van der Waals surface area contributed by atoms with Gasteiger partial charge in [0.05, 0.1) is 12.3 Å². The lowest BCUT2D eigenvalue weighted by molar-refractivity contribution is 0.0604. The standard InChI is InChI=1S/C22H24FN5O3/c23-20-15(2-1-3-16(20)13-30-22(29)27-21(24)25)5-4-14-10-18(11-14)31-17-6-7-19-26-8-9-28(19)12-17/h1-3,6-9,12,14,18H,4-5,10-11,13H2,(H4,24,25,27,29). The molecule has 1 saturated carbocycles. The molecule has 3 aromatic rings. The second-order valence-corrected chi connectivity index (χ2v) is 7.65. The first-order chi connectivity index (χ1) is 15.0. The van der Waals surface area contributed by atoms with E-state index in [0.29, 0.717) is 23.5 Å². The molecule has 2 aromatic heterocycles. The average molecular weight is 425 g/mol. The van der Waals surface area contributed by atoms with E-state index in [0.717, 1.165) is 30.7 Å². The average Bonchev–Trinajstić information content (AvgIpc) is 3.17. The summed E-state index contributed by atoms with van der Waals surface area (Å²) in [7, 11) is 0. The molecule has 0 spiro atoms. The second-order valence-electron chi connectivity index (χ2n) is 7.65. The summed E-state index contributed by atoms with van der Waals surface area (Å²) in [6.07, 6.45) is 8.16. The molecule has 0 unspecified atom stereocenters. The molecular weight excluding hydrogens is 401 g/mol. The van der Waals surface area contributed by atoms with Gasteiger partial charge in [-0.15, -0.1) is 4.99 Å². The van der Waals surface area contributed by atoms with Gasteiger partial charge in [-0.2, -0.15) is 0 Å². The van der Waals surface area contributed by atoms with E-state index in [9.17, 15) is 9.18 Å². The van der Waals surface area contributed by atoms with Gasteiger partial charge in [-0.25, -0.2) is 14.2 Å². The number of nitrogens with two attached hydrogens (primary N) is 2. The van der Waals surface area contributed by atoms with Gasteiger partial charge in [0.25, 0.3) is 0 Å². The largest absolute Gasteiger partial charge is 0.489 e. The van der Waals surface area contributed by atoms with Crippen molar-refractivity contribution >= 4 is 17.7 Å². The molecule has 0 aliphatic heterocycles. The number of benzene rings is 1. The van der Waals surface area contributed by atoms with E-state index < -0.39 is 12.1 Å². The fraction of sp³-hybridized carbons (Fsp3) is 0.318. The minimum absolute atomic E-state index is 0.178. The zero-order valence-electron chi connectivity index (χ0n) is 16.9. The van der Waals surface area contributed by atoms with Gasteiger partial charge in [0.2, 0.25) is 0 Å². The maximum Gasteiger partial charge on any atom is 0.437 e. The van der Waals surface area contributed by atoms with Crippen LogP contribution in [-0.2, 0) is 17.8 Å². The molecule has 1 fully saturated rings. The highest BCUT2D eigenvalue weighted by molar-refractivity contribution is 5.87. The van der Waals surface area contributed by atoms with E-state index in [2.05, 4.69) is 9.98 Å². The van der Waals surface area contributed by atoms with Crippen LogP contribution in [-0.4, -0.2) is 27.5 Å². The quantitative estimate of drug-likeness (QED) is 0.444. The number of aliphatic imine (C=N–C) groups is 1. The molecule has 162 valence electrons. The van der Waals surface area contributed by atoms with Gasteiger partial charge in [0.15, 0.2) is 5.96 Å². The number of fused-ring (bicyclic) bond motifs is 1. The third-order valence-corrected chi connectivity index (χ3v) is 5.41. The topological polar surface area (TPSA) is 117 Å². The molecule has 31 heavy (non-hydrogen) atoms. The number of rotatable bonds is 7. The van der Waals surface area contributed by atoms with Crippen molar-refractivity contribution in [3.63, 3.8) is 0 Å². The Kier molecular flexibility index (Phi) is 6.01. The van der Waals surface area contributed by atoms with E-state index in [-0.39, 0.29) is 18.5 Å². The molecule has 1 aliphatic rings. The Bertz CT molecular complexity index is 1100. The molecule has 0 atom stereocenters. The summed E-state index contributed by atoms with van der Waals surface area (Å²) in [5, 5.41) is 0. The number of carbonyl (C=O) groups is 1. The molecule has 4 N–H and O–H groups in total. The second kappa shape index (κ2) is 9.03. The number of carbonyl (C=O) groups excluding carboxylic acids is 1. The van der Waals surface area contributed by atoms with Crippen molar-refractivity contribution in [2.75, 3.05) is 0 Å². The van der Waals surface area contributed by atoms with Crippen LogP contribution in [0, 0.1) is 11.7 Å². The lowest BCUT2D eigenvalue weighted by Crippen LogP contribution is -2.34. The first-order valence-electron chi connectivity index (χ1n) is 10.1. The van der Waals surface area contributed by atoms with E-state index in [1.807, 2.05) is 28.9 Å². The molecule has 2 heterocycles. The van der Waals surface area contributed by atoms with Crippen molar-refractivity contribution in [3.05, 3.63) is 65.9 Å². The van der Waals surface area contributed by atoms with E-state index in [1.165, 1.54) is 0 Å². The number of pyridine rings is 1. The molecule has 8 nitrogen and oxygen atoms in total. The lowest BCUT2D eigenvalue weighted by atomic mass is 9.78. The Labute approximate surface area is 178 Å². The normalized spacial score (nSPS) is 17.7. The highest BCUT2D eigenvalue weighted by Crippen LogP contribution is 2.35. The number of aromatic nitrogens is 2. The van der Waals surface area contributed by atoms with E-state index >= 15 is 0 Å². The van der Waals surface area contributed by atoms with Gasteiger partial charge in [-0.1, -0.05) is 18.2 Å². The first kappa shape index (κ1) is 20.6. The summed E-state index contributed by atoms with van der Waals surface area (Å²) in [6, 6.07) is 8.93. The maximum absolute atomic E-state index is 14.7. The summed E-state index contributed by atoms with van der Waals surface area (Å²) in [5.41, 5.74) is 12.0. The predicted octanol–water partition coefficient (Wildman–Crippen LogP) is 3.17. The highest BCUT2D eigenvalue weighted by Gasteiger charge is 2.30. The van der Waals surface area contributed by atoms with Crippen LogP contribution >= 0.6 is 0 Å².